The molecule has 0 saturated carbocycles. The van der Waals surface area contributed by atoms with E-state index in [2.05, 4.69) is 31.8 Å². The van der Waals surface area contributed by atoms with Gasteiger partial charge >= 0.3 is 0 Å². The predicted molar refractivity (Wildman–Crippen MR) is 93.8 cm³/mol. The molecule has 0 fully saturated rings. The molecular formula is C18H19N5O2. The quantitative estimate of drug-likeness (QED) is 0.766. The fourth-order valence-corrected chi connectivity index (χ4v) is 3.21. The minimum atomic E-state index is -0.210. The van der Waals surface area contributed by atoms with Gasteiger partial charge in [0.2, 0.25) is 0 Å². The summed E-state index contributed by atoms with van der Waals surface area (Å²) >= 11 is 0. The molecule has 1 aliphatic rings. The van der Waals surface area contributed by atoms with Gasteiger partial charge in [-0.1, -0.05) is 0 Å². The maximum Gasteiger partial charge on any atom is 0.259 e. The van der Waals surface area contributed by atoms with E-state index in [-0.39, 0.29) is 5.91 Å². The Kier molecular flexibility index (Phi) is 3.76. The number of aromatic nitrogens is 4. The molecular weight excluding hydrogens is 318 g/mol. The van der Waals surface area contributed by atoms with Crippen LogP contribution in [0.25, 0.3) is 11.4 Å². The molecule has 0 bridgehead atoms. The standard InChI is InChI=1S/C18H19N5O2/c1-3-25-12-4-5-15(21-9-12)22-18(24)13-10-20-14-8-11(2)23-7-6-19-17(23)16(13)14/h4-7,9-11,20H,3,8H2,1-2H3,(H,21,22,24)/t11-/m0/s1. The number of rotatable bonds is 4. The van der Waals surface area contributed by atoms with Crippen LogP contribution in [0, 0.1) is 0 Å². The number of nitrogens with zero attached hydrogens (tertiary/aromatic N) is 3. The van der Waals surface area contributed by atoms with Gasteiger partial charge in [0.25, 0.3) is 5.91 Å². The van der Waals surface area contributed by atoms with Crippen LogP contribution in [0.2, 0.25) is 0 Å². The number of aromatic amines is 1. The van der Waals surface area contributed by atoms with Gasteiger partial charge < -0.3 is 19.6 Å². The van der Waals surface area contributed by atoms with Crippen molar-refractivity contribution in [3.8, 4) is 17.1 Å². The van der Waals surface area contributed by atoms with Gasteiger partial charge in [0.15, 0.2) is 0 Å². The lowest BCUT2D eigenvalue weighted by molar-refractivity contribution is 0.102. The first-order valence-electron chi connectivity index (χ1n) is 8.31. The van der Waals surface area contributed by atoms with E-state index < -0.39 is 0 Å². The lowest BCUT2D eigenvalue weighted by atomic mass is 10.0. The van der Waals surface area contributed by atoms with Gasteiger partial charge in [0.1, 0.15) is 17.4 Å². The van der Waals surface area contributed by atoms with E-state index in [1.54, 1.807) is 30.7 Å². The zero-order valence-electron chi connectivity index (χ0n) is 14.1. The number of H-pyrrole nitrogens is 1. The second-order valence-corrected chi connectivity index (χ2v) is 6.03. The molecule has 1 aliphatic heterocycles. The Morgan fingerprint density at radius 2 is 2.32 bits per heavy atom. The maximum atomic E-state index is 12.7. The van der Waals surface area contributed by atoms with E-state index in [9.17, 15) is 4.79 Å². The number of pyridine rings is 1. The van der Waals surface area contributed by atoms with Crippen LogP contribution in [0.1, 0.15) is 35.9 Å². The monoisotopic (exact) mass is 337 g/mol. The fourth-order valence-electron chi connectivity index (χ4n) is 3.21. The molecule has 0 unspecified atom stereocenters. The number of fused-ring (bicyclic) bond motifs is 3. The molecule has 128 valence electrons. The van der Waals surface area contributed by atoms with E-state index in [1.807, 2.05) is 13.1 Å². The molecule has 25 heavy (non-hydrogen) atoms. The summed E-state index contributed by atoms with van der Waals surface area (Å²) < 4.78 is 7.46. The Labute approximate surface area is 145 Å². The Morgan fingerprint density at radius 1 is 1.44 bits per heavy atom. The van der Waals surface area contributed by atoms with Crippen molar-refractivity contribution in [2.75, 3.05) is 11.9 Å². The first-order valence-corrected chi connectivity index (χ1v) is 8.31. The number of ether oxygens (including phenoxy) is 1. The topological polar surface area (TPSA) is 84.8 Å². The van der Waals surface area contributed by atoms with Gasteiger partial charge in [-0.2, -0.15) is 0 Å². The van der Waals surface area contributed by atoms with Gasteiger partial charge in [-0.15, -0.1) is 0 Å². The molecule has 0 saturated heterocycles. The van der Waals surface area contributed by atoms with Crippen molar-refractivity contribution in [3.05, 3.63) is 48.2 Å². The van der Waals surface area contributed by atoms with Crippen molar-refractivity contribution in [3.63, 3.8) is 0 Å². The highest BCUT2D eigenvalue weighted by atomic mass is 16.5. The highest BCUT2D eigenvalue weighted by molar-refractivity contribution is 6.08. The molecule has 7 nitrogen and oxygen atoms in total. The minimum Gasteiger partial charge on any atom is -0.492 e. The van der Waals surface area contributed by atoms with E-state index in [0.29, 0.717) is 29.8 Å². The number of hydrogen-bond donors (Lipinski definition) is 2. The first-order chi connectivity index (χ1) is 12.2. The predicted octanol–water partition coefficient (Wildman–Crippen LogP) is 3.04. The molecule has 3 aromatic heterocycles. The zero-order chi connectivity index (χ0) is 17.4. The van der Waals surface area contributed by atoms with E-state index in [1.165, 1.54) is 0 Å². The van der Waals surface area contributed by atoms with Crippen molar-refractivity contribution < 1.29 is 9.53 Å². The number of carbonyl (C=O) groups excluding carboxylic acids is 1. The lowest BCUT2D eigenvalue weighted by Gasteiger charge is -2.22. The number of carbonyl (C=O) groups is 1. The van der Waals surface area contributed by atoms with E-state index in [0.717, 1.165) is 23.5 Å². The van der Waals surface area contributed by atoms with Gasteiger partial charge in [0, 0.05) is 36.7 Å². The zero-order valence-corrected chi connectivity index (χ0v) is 14.1. The van der Waals surface area contributed by atoms with E-state index in [4.69, 9.17) is 4.74 Å². The summed E-state index contributed by atoms with van der Waals surface area (Å²) in [5.41, 5.74) is 2.48. The van der Waals surface area contributed by atoms with Gasteiger partial charge in [-0.3, -0.25) is 4.79 Å². The van der Waals surface area contributed by atoms with Crippen molar-refractivity contribution in [1.29, 1.82) is 0 Å². The second-order valence-electron chi connectivity index (χ2n) is 6.03. The molecule has 1 amide bonds. The highest BCUT2D eigenvalue weighted by Crippen LogP contribution is 2.35. The molecule has 0 spiro atoms. The molecule has 3 aromatic rings. The number of amides is 1. The van der Waals surface area contributed by atoms with Crippen molar-refractivity contribution in [2.24, 2.45) is 0 Å². The molecule has 0 aromatic carbocycles. The molecule has 0 radical (unpaired) electrons. The third-order valence-corrected chi connectivity index (χ3v) is 4.36. The molecule has 2 N–H and O–H groups in total. The summed E-state index contributed by atoms with van der Waals surface area (Å²) in [4.78, 5) is 24.6. The Bertz CT molecular complexity index is 910. The summed E-state index contributed by atoms with van der Waals surface area (Å²) in [7, 11) is 0. The maximum absolute atomic E-state index is 12.7. The van der Waals surface area contributed by atoms with Gasteiger partial charge in [0.05, 0.1) is 23.9 Å². The van der Waals surface area contributed by atoms with Crippen LogP contribution in [-0.4, -0.2) is 32.0 Å². The first kappa shape index (κ1) is 15.4. The average Bonchev–Trinajstić information content (AvgIpc) is 3.23. The summed E-state index contributed by atoms with van der Waals surface area (Å²) in [6.07, 6.45) is 7.90. The Hall–Kier alpha value is -3.09. The van der Waals surface area contributed by atoms with Crippen LogP contribution in [-0.2, 0) is 6.42 Å². The Balaban J connectivity index is 1.61. The summed E-state index contributed by atoms with van der Waals surface area (Å²) in [5, 5.41) is 2.84. The van der Waals surface area contributed by atoms with Crippen LogP contribution in [0.15, 0.2) is 36.9 Å². The SMILES string of the molecule is CCOc1ccc(NC(=O)c2c[nH]c3c2-c2nccn2[C@@H](C)C3)nc1. The normalized spacial score (nSPS) is 15.4. The average molecular weight is 337 g/mol. The van der Waals surface area contributed by atoms with E-state index >= 15 is 0 Å². The minimum absolute atomic E-state index is 0.210. The van der Waals surface area contributed by atoms with Crippen LogP contribution >= 0.6 is 0 Å². The highest BCUT2D eigenvalue weighted by Gasteiger charge is 2.28. The van der Waals surface area contributed by atoms with Crippen molar-refractivity contribution in [2.45, 2.75) is 26.3 Å². The lowest BCUT2D eigenvalue weighted by Crippen LogP contribution is -2.18. The number of nitrogens with one attached hydrogen (secondary N) is 2. The van der Waals surface area contributed by atoms with Crippen LogP contribution in [0.5, 0.6) is 5.75 Å². The third-order valence-electron chi connectivity index (χ3n) is 4.36. The third kappa shape index (κ3) is 2.67. The summed E-state index contributed by atoms with van der Waals surface area (Å²) in [6, 6.07) is 3.82. The molecule has 1 atom stereocenters. The number of anilines is 1. The summed E-state index contributed by atoms with van der Waals surface area (Å²) in [5.74, 6) is 1.77. The Morgan fingerprint density at radius 3 is 3.08 bits per heavy atom. The number of imidazole rings is 1. The largest absolute Gasteiger partial charge is 0.492 e. The van der Waals surface area contributed by atoms with Crippen molar-refractivity contribution in [1.82, 2.24) is 19.5 Å². The van der Waals surface area contributed by atoms with Crippen molar-refractivity contribution >= 4 is 11.7 Å². The van der Waals surface area contributed by atoms with Crippen LogP contribution < -0.4 is 10.1 Å². The molecule has 4 rings (SSSR count). The summed E-state index contributed by atoms with van der Waals surface area (Å²) in [6.45, 7) is 4.63. The van der Waals surface area contributed by atoms with Crippen LogP contribution in [0.4, 0.5) is 5.82 Å². The van der Waals surface area contributed by atoms with Gasteiger partial charge in [-0.05, 0) is 26.0 Å². The molecule has 4 heterocycles. The molecule has 0 aliphatic carbocycles. The molecule has 7 heteroatoms. The fraction of sp³-hybridized carbons (Fsp3) is 0.278. The number of hydrogen-bond acceptors (Lipinski definition) is 4. The second kappa shape index (κ2) is 6.08. The smallest absolute Gasteiger partial charge is 0.259 e. The van der Waals surface area contributed by atoms with Gasteiger partial charge in [-0.25, -0.2) is 9.97 Å². The van der Waals surface area contributed by atoms with Crippen LogP contribution in [0.3, 0.4) is 0 Å².